The van der Waals surface area contributed by atoms with Crippen LogP contribution in [0.25, 0.3) is 10.9 Å². The van der Waals surface area contributed by atoms with Crippen molar-refractivity contribution in [1.82, 2.24) is 9.47 Å². The average molecular weight is 436 g/mol. The number of anilines is 1. The highest BCUT2D eigenvalue weighted by atomic mass is 16.5. The number of hydrogen-bond acceptors (Lipinski definition) is 4. The number of hydrogen-bond donors (Lipinski definition) is 1. The summed E-state index contributed by atoms with van der Waals surface area (Å²) >= 11 is 0. The molecule has 4 rings (SSSR count). The number of likely N-dealkylation sites (tertiary alicyclic amines) is 1. The molecule has 32 heavy (non-hydrogen) atoms. The van der Waals surface area contributed by atoms with Gasteiger partial charge in [-0.25, -0.2) is 0 Å². The molecule has 0 bridgehead atoms. The van der Waals surface area contributed by atoms with E-state index in [-0.39, 0.29) is 11.8 Å². The predicted octanol–water partition coefficient (Wildman–Crippen LogP) is 3.76. The molecule has 2 amide bonds. The zero-order chi connectivity index (χ0) is 22.9. The molecule has 1 fully saturated rings. The predicted molar refractivity (Wildman–Crippen MR) is 124 cm³/mol. The Balaban J connectivity index is 1.49. The third-order valence-corrected chi connectivity index (χ3v) is 6.43. The van der Waals surface area contributed by atoms with E-state index >= 15 is 0 Å². The zero-order valence-corrected chi connectivity index (χ0v) is 19.0. The molecule has 2 heterocycles. The summed E-state index contributed by atoms with van der Waals surface area (Å²) in [5, 5.41) is 4.09. The van der Waals surface area contributed by atoms with Gasteiger partial charge in [-0.3, -0.25) is 9.59 Å². The van der Waals surface area contributed by atoms with E-state index in [2.05, 4.69) is 5.32 Å². The SMILES string of the molecule is COc1ccc(CCN2C(=O)CC[C@]2(C)C(=O)Nc2ccc3c(ccn3C)c2)cc1OC. The third-order valence-electron chi connectivity index (χ3n) is 6.43. The summed E-state index contributed by atoms with van der Waals surface area (Å²) in [7, 11) is 5.18. The van der Waals surface area contributed by atoms with Gasteiger partial charge in [0.25, 0.3) is 0 Å². The second-order valence-corrected chi connectivity index (χ2v) is 8.41. The lowest BCUT2D eigenvalue weighted by Gasteiger charge is -2.34. The molecule has 7 nitrogen and oxygen atoms in total. The van der Waals surface area contributed by atoms with E-state index in [0.717, 1.165) is 22.2 Å². The van der Waals surface area contributed by atoms with Crippen LogP contribution in [0.4, 0.5) is 5.69 Å². The topological polar surface area (TPSA) is 72.8 Å². The summed E-state index contributed by atoms with van der Waals surface area (Å²) in [5.41, 5.74) is 1.95. The van der Waals surface area contributed by atoms with Crippen LogP contribution >= 0.6 is 0 Å². The number of ether oxygens (including phenoxy) is 2. The Bertz CT molecular complexity index is 1170. The molecule has 0 aliphatic carbocycles. The Kier molecular flexibility index (Phi) is 5.82. The Morgan fingerprint density at radius 2 is 1.88 bits per heavy atom. The summed E-state index contributed by atoms with van der Waals surface area (Å²) in [5.74, 6) is 1.15. The maximum absolute atomic E-state index is 13.3. The smallest absolute Gasteiger partial charge is 0.250 e. The van der Waals surface area contributed by atoms with Crippen molar-refractivity contribution in [2.24, 2.45) is 7.05 Å². The lowest BCUT2D eigenvalue weighted by molar-refractivity contribution is -0.137. The lowest BCUT2D eigenvalue weighted by atomic mass is 9.96. The molecular weight excluding hydrogens is 406 g/mol. The number of aromatic nitrogens is 1. The van der Waals surface area contributed by atoms with Gasteiger partial charge in [-0.15, -0.1) is 0 Å². The van der Waals surface area contributed by atoms with Crippen LogP contribution in [0.1, 0.15) is 25.3 Å². The van der Waals surface area contributed by atoms with Gasteiger partial charge in [0.15, 0.2) is 11.5 Å². The standard InChI is InChI=1S/C25H29N3O4/c1-25(24(30)26-19-6-7-20-18(16-19)11-13-27(20)2)12-9-23(29)28(25)14-10-17-5-8-21(31-3)22(15-17)32-4/h5-8,11,13,15-16H,9-10,12,14H2,1-4H3,(H,26,30)/t25-/m1/s1. The number of amides is 2. The van der Waals surface area contributed by atoms with E-state index < -0.39 is 5.54 Å². The Labute approximate surface area is 187 Å². The number of benzene rings is 2. The highest BCUT2D eigenvalue weighted by Crippen LogP contribution is 2.33. The highest BCUT2D eigenvalue weighted by Gasteiger charge is 2.47. The van der Waals surface area contributed by atoms with Gasteiger partial charge in [-0.2, -0.15) is 0 Å². The van der Waals surface area contributed by atoms with E-state index in [4.69, 9.17) is 9.47 Å². The largest absolute Gasteiger partial charge is 0.493 e. The Morgan fingerprint density at radius 1 is 1.09 bits per heavy atom. The lowest BCUT2D eigenvalue weighted by Crippen LogP contribution is -2.52. The van der Waals surface area contributed by atoms with E-state index in [1.807, 2.05) is 67.2 Å². The molecule has 0 radical (unpaired) electrons. The molecule has 1 atom stereocenters. The van der Waals surface area contributed by atoms with Crippen LogP contribution in [0, 0.1) is 0 Å². The van der Waals surface area contributed by atoms with Crippen molar-refractivity contribution in [2.75, 3.05) is 26.1 Å². The van der Waals surface area contributed by atoms with Crippen LogP contribution in [-0.2, 0) is 23.1 Å². The van der Waals surface area contributed by atoms with Crippen LogP contribution < -0.4 is 14.8 Å². The number of methoxy groups -OCH3 is 2. The average Bonchev–Trinajstić information content (AvgIpc) is 3.31. The molecule has 7 heteroatoms. The van der Waals surface area contributed by atoms with Crippen molar-refractivity contribution < 1.29 is 19.1 Å². The monoisotopic (exact) mass is 435 g/mol. The summed E-state index contributed by atoms with van der Waals surface area (Å²) in [6.45, 7) is 2.30. The van der Waals surface area contributed by atoms with Crippen molar-refractivity contribution in [3.63, 3.8) is 0 Å². The molecule has 0 unspecified atom stereocenters. The van der Waals surface area contributed by atoms with Crippen molar-refractivity contribution >= 4 is 28.4 Å². The van der Waals surface area contributed by atoms with Gasteiger partial charge in [0.2, 0.25) is 11.8 Å². The van der Waals surface area contributed by atoms with Crippen molar-refractivity contribution in [1.29, 1.82) is 0 Å². The number of rotatable bonds is 7. The first kappa shape index (κ1) is 21.7. The minimum Gasteiger partial charge on any atom is -0.493 e. The molecule has 168 valence electrons. The quantitative estimate of drug-likeness (QED) is 0.613. The highest BCUT2D eigenvalue weighted by molar-refractivity contribution is 6.03. The van der Waals surface area contributed by atoms with Crippen molar-refractivity contribution in [3.05, 3.63) is 54.2 Å². The van der Waals surface area contributed by atoms with Gasteiger partial charge in [0.1, 0.15) is 5.54 Å². The maximum Gasteiger partial charge on any atom is 0.250 e. The molecule has 1 aliphatic rings. The normalized spacial score (nSPS) is 18.2. The fourth-order valence-electron chi connectivity index (χ4n) is 4.41. The maximum atomic E-state index is 13.3. The molecule has 2 aromatic carbocycles. The van der Waals surface area contributed by atoms with Gasteiger partial charge >= 0.3 is 0 Å². The molecule has 1 aromatic heterocycles. The first-order valence-corrected chi connectivity index (χ1v) is 10.7. The van der Waals surface area contributed by atoms with Crippen LogP contribution in [0.5, 0.6) is 11.5 Å². The molecule has 1 N–H and O–H groups in total. The molecule has 1 saturated heterocycles. The number of nitrogens with zero attached hydrogens (tertiary/aromatic N) is 2. The fraction of sp³-hybridized carbons (Fsp3) is 0.360. The second-order valence-electron chi connectivity index (χ2n) is 8.41. The minimum atomic E-state index is -0.890. The Hall–Kier alpha value is -3.48. The van der Waals surface area contributed by atoms with Gasteiger partial charge in [-0.05, 0) is 61.7 Å². The molecule has 1 aliphatic heterocycles. The molecular formula is C25H29N3O4. The molecule has 0 spiro atoms. The van der Waals surface area contributed by atoms with Crippen LogP contribution in [0.3, 0.4) is 0 Å². The van der Waals surface area contributed by atoms with E-state index in [0.29, 0.717) is 37.3 Å². The number of carbonyl (C=O) groups excluding carboxylic acids is 2. The van der Waals surface area contributed by atoms with E-state index in [9.17, 15) is 9.59 Å². The minimum absolute atomic E-state index is 0.00152. The van der Waals surface area contributed by atoms with Crippen LogP contribution in [0.15, 0.2) is 48.7 Å². The first-order chi connectivity index (χ1) is 15.4. The fourth-order valence-corrected chi connectivity index (χ4v) is 4.41. The molecule has 3 aromatic rings. The summed E-state index contributed by atoms with van der Waals surface area (Å²) < 4.78 is 12.7. The second kappa shape index (κ2) is 8.57. The number of carbonyl (C=O) groups is 2. The van der Waals surface area contributed by atoms with E-state index in [1.54, 1.807) is 19.1 Å². The summed E-state index contributed by atoms with van der Waals surface area (Å²) in [6, 6.07) is 13.6. The number of fused-ring (bicyclic) bond motifs is 1. The Morgan fingerprint density at radius 3 is 2.62 bits per heavy atom. The van der Waals surface area contributed by atoms with Gasteiger partial charge in [-0.1, -0.05) is 6.07 Å². The van der Waals surface area contributed by atoms with E-state index in [1.165, 1.54) is 0 Å². The summed E-state index contributed by atoms with van der Waals surface area (Å²) in [6.07, 6.45) is 3.47. The van der Waals surface area contributed by atoms with Gasteiger partial charge in [0, 0.05) is 42.8 Å². The van der Waals surface area contributed by atoms with Crippen molar-refractivity contribution in [3.8, 4) is 11.5 Å². The molecule has 0 saturated carbocycles. The van der Waals surface area contributed by atoms with Gasteiger partial charge < -0.3 is 24.3 Å². The van der Waals surface area contributed by atoms with Gasteiger partial charge in [0.05, 0.1) is 14.2 Å². The number of aryl methyl sites for hydroxylation is 1. The zero-order valence-electron chi connectivity index (χ0n) is 19.0. The third kappa shape index (κ3) is 3.90. The summed E-state index contributed by atoms with van der Waals surface area (Å²) in [4.78, 5) is 27.7. The number of nitrogens with one attached hydrogen (secondary N) is 1. The van der Waals surface area contributed by atoms with Crippen LogP contribution in [0.2, 0.25) is 0 Å². The van der Waals surface area contributed by atoms with Crippen molar-refractivity contribution in [2.45, 2.75) is 31.7 Å². The van der Waals surface area contributed by atoms with Crippen LogP contribution in [-0.4, -0.2) is 47.6 Å². The first-order valence-electron chi connectivity index (χ1n) is 10.7.